The Balaban J connectivity index is 1.38. The molecule has 23 heavy (non-hydrogen) atoms. The van der Waals surface area contributed by atoms with Crippen molar-refractivity contribution in [2.24, 2.45) is 5.92 Å². The van der Waals surface area contributed by atoms with Gasteiger partial charge < -0.3 is 0 Å². The highest BCUT2D eigenvalue weighted by atomic mass is 15.3. The molecule has 2 aromatic rings. The third-order valence-corrected chi connectivity index (χ3v) is 5.45. The molecule has 0 radical (unpaired) electrons. The summed E-state index contributed by atoms with van der Waals surface area (Å²) in [7, 11) is 2.28. The molecular weight excluding hydrogens is 288 g/mol. The fraction of sp³-hybridized carbons (Fsp3) is 0.588. The molecule has 2 aliphatic heterocycles. The number of hydrogen-bond acceptors (Lipinski definition) is 5. The Bertz CT molecular complexity index is 613. The second-order valence-corrected chi connectivity index (χ2v) is 6.89. The van der Waals surface area contributed by atoms with Gasteiger partial charge in [0.1, 0.15) is 12.7 Å². The van der Waals surface area contributed by atoms with Crippen LogP contribution in [0.2, 0.25) is 0 Å². The molecule has 4 rings (SSSR count). The van der Waals surface area contributed by atoms with Gasteiger partial charge in [-0.05, 0) is 44.0 Å². The lowest BCUT2D eigenvalue weighted by atomic mass is 9.92. The molecule has 0 N–H and O–H groups in total. The summed E-state index contributed by atoms with van der Waals surface area (Å²) in [6, 6.07) is 5.49. The van der Waals surface area contributed by atoms with Crippen LogP contribution in [-0.4, -0.2) is 61.8 Å². The fourth-order valence-electron chi connectivity index (χ4n) is 4.29. The van der Waals surface area contributed by atoms with Crippen molar-refractivity contribution >= 4 is 0 Å². The van der Waals surface area contributed by atoms with Crippen molar-refractivity contribution in [1.82, 2.24) is 29.5 Å². The molecule has 122 valence electrons. The number of rotatable bonds is 4. The summed E-state index contributed by atoms with van der Waals surface area (Å²) < 4.78 is 1.96. The van der Waals surface area contributed by atoms with E-state index in [1.54, 1.807) is 6.33 Å². The maximum atomic E-state index is 4.26. The van der Waals surface area contributed by atoms with Crippen molar-refractivity contribution in [3.63, 3.8) is 0 Å². The number of likely N-dealkylation sites (N-methyl/N-ethyl adjacent to an activating group) is 1. The van der Waals surface area contributed by atoms with Crippen LogP contribution in [0, 0.1) is 5.92 Å². The molecule has 4 heterocycles. The standard InChI is InChI=1S/C17H24N6/c1-21-16(11-23-13-19-12-20-23)7-15-10-22(6-4-17(15)21)9-14-3-2-5-18-8-14/h2-3,5,8,12-13,15-17H,4,6-7,9-11H2,1H3/t15-,16+,17+/m0/s1. The molecule has 2 aromatic heterocycles. The highest BCUT2D eigenvalue weighted by Crippen LogP contribution is 2.35. The van der Waals surface area contributed by atoms with Gasteiger partial charge in [-0.25, -0.2) is 4.98 Å². The second kappa shape index (κ2) is 6.37. The van der Waals surface area contributed by atoms with Crippen LogP contribution >= 0.6 is 0 Å². The van der Waals surface area contributed by atoms with Crippen LogP contribution < -0.4 is 0 Å². The molecule has 0 aliphatic carbocycles. The quantitative estimate of drug-likeness (QED) is 0.851. The SMILES string of the molecule is CN1[C@@H](Cn2cncn2)C[C@H]2CN(Cc3cccnc3)CC[C@H]21. The van der Waals surface area contributed by atoms with Crippen LogP contribution in [0.4, 0.5) is 0 Å². The first-order valence-electron chi connectivity index (χ1n) is 8.45. The van der Waals surface area contributed by atoms with E-state index in [2.05, 4.69) is 38.0 Å². The minimum Gasteiger partial charge on any atom is -0.299 e. The van der Waals surface area contributed by atoms with Gasteiger partial charge in [0, 0.05) is 37.6 Å². The van der Waals surface area contributed by atoms with Crippen LogP contribution in [0.25, 0.3) is 0 Å². The fourth-order valence-corrected chi connectivity index (χ4v) is 4.29. The third-order valence-electron chi connectivity index (χ3n) is 5.45. The molecule has 2 saturated heterocycles. The molecule has 3 atom stereocenters. The highest BCUT2D eigenvalue weighted by molar-refractivity contribution is 5.09. The largest absolute Gasteiger partial charge is 0.299 e. The molecule has 0 saturated carbocycles. The zero-order valence-electron chi connectivity index (χ0n) is 13.6. The summed E-state index contributed by atoms with van der Waals surface area (Å²) in [5, 5.41) is 4.26. The van der Waals surface area contributed by atoms with E-state index in [0.717, 1.165) is 19.0 Å². The number of likely N-dealkylation sites (tertiary alicyclic amines) is 2. The van der Waals surface area contributed by atoms with E-state index in [4.69, 9.17) is 0 Å². The molecule has 6 nitrogen and oxygen atoms in total. The molecule has 0 unspecified atom stereocenters. The summed E-state index contributed by atoms with van der Waals surface area (Å²) in [6.07, 6.45) is 9.79. The van der Waals surface area contributed by atoms with Crippen LogP contribution in [0.3, 0.4) is 0 Å². The normalized spacial score (nSPS) is 28.8. The first-order chi connectivity index (χ1) is 11.3. The lowest BCUT2D eigenvalue weighted by molar-refractivity contribution is 0.109. The second-order valence-electron chi connectivity index (χ2n) is 6.89. The van der Waals surface area contributed by atoms with E-state index in [1.165, 1.54) is 31.5 Å². The number of aromatic nitrogens is 4. The summed E-state index contributed by atoms with van der Waals surface area (Å²) in [6.45, 7) is 4.34. The number of pyridine rings is 1. The minimum absolute atomic E-state index is 0.574. The molecule has 0 spiro atoms. The number of nitrogens with zero attached hydrogens (tertiary/aromatic N) is 6. The molecule has 2 fully saturated rings. The number of piperidine rings is 1. The van der Waals surface area contributed by atoms with E-state index >= 15 is 0 Å². The van der Waals surface area contributed by atoms with E-state index < -0.39 is 0 Å². The van der Waals surface area contributed by atoms with Gasteiger partial charge in [-0.1, -0.05) is 6.07 Å². The Hall–Kier alpha value is -1.79. The van der Waals surface area contributed by atoms with Crippen molar-refractivity contribution in [2.75, 3.05) is 20.1 Å². The third kappa shape index (κ3) is 3.14. The van der Waals surface area contributed by atoms with Crippen LogP contribution in [0.15, 0.2) is 37.2 Å². The summed E-state index contributed by atoms with van der Waals surface area (Å²) in [5.74, 6) is 0.763. The van der Waals surface area contributed by atoms with Crippen molar-refractivity contribution in [2.45, 2.75) is 38.0 Å². The van der Waals surface area contributed by atoms with Crippen molar-refractivity contribution in [3.8, 4) is 0 Å². The Morgan fingerprint density at radius 3 is 3.04 bits per heavy atom. The van der Waals surface area contributed by atoms with Gasteiger partial charge in [-0.15, -0.1) is 0 Å². The van der Waals surface area contributed by atoms with Gasteiger partial charge in [0.25, 0.3) is 0 Å². The van der Waals surface area contributed by atoms with E-state index in [0.29, 0.717) is 12.1 Å². The smallest absolute Gasteiger partial charge is 0.137 e. The van der Waals surface area contributed by atoms with Crippen LogP contribution in [-0.2, 0) is 13.1 Å². The van der Waals surface area contributed by atoms with Crippen molar-refractivity contribution in [3.05, 3.63) is 42.7 Å². The van der Waals surface area contributed by atoms with E-state index in [-0.39, 0.29) is 0 Å². The molecule has 2 aliphatic rings. The summed E-state index contributed by atoms with van der Waals surface area (Å²) in [5.41, 5.74) is 1.32. The maximum Gasteiger partial charge on any atom is 0.137 e. The average molecular weight is 312 g/mol. The summed E-state index contributed by atoms with van der Waals surface area (Å²) >= 11 is 0. The average Bonchev–Trinajstić information content (AvgIpc) is 3.18. The molecular formula is C17H24N6. The highest BCUT2D eigenvalue weighted by Gasteiger charge is 2.41. The summed E-state index contributed by atoms with van der Waals surface area (Å²) in [4.78, 5) is 13.5. The van der Waals surface area contributed by atoms with Gasteiger partial charge in [0.05, 0.1) is 6.54 Å². The Morgan fingerprint density at radius 1 is 1.30 bits per heavy atom. The van der Waals surface area contributed by atoms with E-state index in [1.807, 2.05) is 29.5 Å². The lowest BCUT2D eigenvalue weighted by Crippen LogP contribution is -2.45. The molecule has 0 aromatic carbocycles. The Morgan fingerprint density at radius 2 is 2.26 bits per heavy atom. The first kappa shape index (κ1) is 14.8. The lowest BCUT2D eigenvalue weighted by Gasteiger charge is -2.37. The minimum atomic E-state index is 0.574. The molecule has 0 amide bonds. The van der Waals surface area contributed by atoms with Gasteiger partial charge in [-0.3, -0.25) is 19.5 Å². The van der Waals surface area contributed by atoms with Gasteiger partial charge in [0.2, 0.25) is 0 Å². The Labute approximate surface area is 137 Å². The van der Waals surface area contributed by atoms with Crippen LogP contribution in [0.1, 0.15) is 18.4 Å². The number of hydrogen-bond donors (Lipinski definition) is 0. The predicted molar refractivity (Wildman–Crippen MR) is 87.6 cm³/mol. The van der Waals surface area contributed by atoms with Gasteiger partial charge >= 0.3 is 0 Å². The zero-order valence-corrected chi connectivity index (χ0v) is 13.6. The van der Waals surface area contributed by atoms with E-state index in [9.17, 15) is 0 Å². The topological polar surface area (TPSA) is 50.1 Å². The molecule has 0 bridgehead atoms. The predicted octanol–water partition coefficient (Wildman–Crippen LogP) is 1.27. The molecule has 6 heteroatoms. The zero-order chi connectivity index (χ0) is 15.6. The van der Waals surface area contributed by atoms with Gasteiger partial charge in [-0.2, -0.15) is 5.10 Å². The maximum absolute atomic E-state index is 4.26. The van der Waals surface area contributed by atoms with Crippen molar-refractivity contribution < 1.29 is 0 Å². The first-order valence-corrected chi connectivity index (χ1v) is 8.45. The number of fused-ring (bicyclic) bond motifs is 1. The van der Waals surface area contributed by atoms with Crippen molar-refractivity contribution in [1.29, 1.82) is 0 Å². The van der Waals surface area contributed by atoms with Crippen LogP contribution in [0.5, 0.6) is 0 Å². The van der Waals surface area contributed by atoms with Gasteiger partial charge in [0.15, 0.2) is 0 Å². The monoisotopic (exact) mass is 312 g/mol. The Kier molecular flexibility index (Phi) is 4.10.